The molecular formula is C94H98. The van der Waals surface area contributed by atoms with Gasteiger partial charge in [0.2, 0.25) is 0 Å². The summed E-state index contributed by atoms with van der Waals surface area (Å²) in [4.78, 5) is 0. The molecule has 0 amide bonds. The van der Waals surface area contributed by atoms with Gasteiger partial charge in [0, 0.05) is 17.8 Å². The molecule has 13 aliphatic carbocycles. The molecule has 94 heavy (non-hydrogen) atoms. The lowest BCUT2D eigenvalue weighted by Crippen LogP contribution is -2.25. The minimum Gasteiger partial charge on any atom is -0.0801 e. The fraction of sp³-hybridized carbons (Fsp3) is 0.362. The van der Waals surface area contributed by atoms with E-state index in [0.717, 1.165) is 61.7 Å². The summed E-state index contributed by atoms with van der Waals surface area (Å²) < 4.78 is 0. The summed E-state index contributed by atoms with van der Waals surface area (Å²) in [7, 11) is 0. The lowest BCUT2D eigenvalue weighted by Gasteiger charge is -2.38. The number of hydrogen-bond donors (Lipinski definition) is 0. The van der Waals surface area contributed by atoms with Crippen LogP contribution in [0.3, 0.4) is 0 Å². The molecule has 4 fully saturated rings. The lowest BCUT2D eigenvalue weighted by molar-refractivity contribution is 0.154. The maximum atomic E-state index is 2.46. The third-order valence-electron chi connectivity index (χ3n) is 24.5. The van der Waals surface area contributed by atoms with Crippen molar-refractivity contribution in [2.75, 3.05) is 0 Å². The smallest absolute Gasteiger partial charge is 0.0281 e. The first-order valence-electron chi connectivity index (χ1n) is 37.5. The van der Waals surface area contributed by atoms with Crippen LogP contribution in [0.25, 0.3) is 17.2 Å². The molecule has 0 aromatic heterocycles. The Morgan fingerprint density at radius 2 is 0.862 bits per heavy atom. The number of hydrogen-bond acceptors (Lipinski definition) is 0. The maximum absolute atomic E-state index is 2.46. The van der Waals surface area contributed by atoms with Crippen LogP contribution in [-0.2, 0) is 44.9 Å². The highest BCUT2D eigenvalue weighted by molar-refractivity contribution is 5.81. The molecule has 5 aromatic rings. The van der Waals surface area contributed by atoms with E-state index in [-0.39, 0.29) is 0 Å². The second-order valence-electron chi connectivity index (χ2n) is 30.2. The van der Waals surface area contributed by atoms with Crippen LogP contribution in [0.2, 0.25) is 0 Å². The van der Waals surface area contributed by atoms with Crippen molar-refractivity contribution in [2.45, 2.75) is 179 Å². The first-order valence-corrected chi connectivity index (χ1v) is 37.5. The molecule has 0 spiro atoms. The Balaban J connectivity index is 0.000000112. The van der Waals surface area contributed by atoms with Crippen LogP contribution in [-0.4, -0.2) is 0 Å². The Kier molecular flexibility index (Phi) is 18.4. The SMILES string of the molecule is C1=CC2C(=C1)C(Cc1ccc(C3CCCCC3)cc1)=CC=C2c1ccc2c(c1)C=CC2.C1=CC2C(=C1)C(Cc1ccc(CCC3CCCC3)cc1)=CC=C2c1ccc2c(c1)CCC2.C1=CC2C(C3=CCC=C3)=CC=C(Cc3ccc(C4CCC(C5CCC5)CC4)cc3)C2=C1. The first-order chi connectivity index (χ1) is 46.5. The van der Waals surface area contributed by atoms with Gasteiger partial charge in [-0.05, 0) is 261 Å². The Labute approximate surface area is 564 Å². The van der Waals surface area contributed by atoms with Crippen LogP contribution in [0.5, 0.6) is 0 Å². The monoisotopic (exact) mass is 1230 g/mol. The Hall–Kier alpha value is -7.80. The average molecular weight is 1230 g/mol. The topological polar surface area (TPSA) is 0 Å². The summed E-state index contributed by atoms with van der Waals surface area (Å²) in [6, 6.07) is 42.8. The van der Waals surface area contributed by atoms with Crippen molar-refractivity contribution < 1.29 is 0 Å². The number of rotatable bonds is 15. The molecule has 18 rings (SSSR count). The Morgan fingerprint density at radius 1 is 0.351 bits per heavy atom. The molecule has 0 saturated heterocycles. The zero-order valence-electron chi connectivity index (χ0n) is 55.9. The molecule has 4 saturated carbocycles. The summed E-state index contributed by atoms with van der Waals surface area (Å²) in [6.07, 6.45) is 81.2. The molecule has 0 aliphatic heterocycles. The van der Waals surface area contributed by atoms with E-state index < -0.39 is 0 Å². The first kappa shape index (κ1) is 61.1. The van der Waals surface area contributed by atoms with Gasteiger partial charge in [-0.2, -0.15) is 0 Å². The number of benzene rings is 5. The van der Waals surface area contributed by atoms with Crippen molar-refractivity contribution in [1.29, 1.82) is 0 Å². The Morgan fingerprint density at radius 3 is 1.44 bits per heavy atom. The highest BCUT2D eigenvalue weighted by Gasteiger charge is 2.33. The van der Waals surface area contributed by atoms with Crippen LogP contribution in [0.15, 0.2) is 269 Å². The molecule has 0 nitrogen and oxygen atoms in total. The van der Waals surface area contributed by atoms with Crippen molar-refractivity contribution in [3.05, 3.63) is 336 Å². The van der Waals surface area contributed by atoms with E-state index in [1.165, 1.54) is 235 Å². The van der Waals surface area contributed by atoms with Crippen molar-refractivity contribution >= 4 is 17.2 Å². The van der Waals surface area contributed by atoms with Gasteiger partial charge >= 0.3 is 0 Å². The van der Waals surface area contributed by atoms with Crippen LogP contribution < -0.4 is 0 Å². The van der Waals surface area contributed by atoms with Crippen LogP contribution in [0, 0.1) is 35.5 Å². The lowest BCUT2D eigenvalue weighted by atomic mass is 9.67. The summed E-state index contributed by atoms with van der Waals surface area (Å²) in [5.74, 6) is 5.93. The largest absolute Gasteiger partial charge is 0.0801 e. The van der Waals surface area contributed by atoms with Crippen LogP contribution in [0.1, 0.15) is 201 Å². The molecule has 3 atom stereocenters. The van der Waals surface area contributed by atoms with E-state index in [0.29, 0.717) is 17.8 Å². The summed E-state index contributed by atoms with van der Waals surface area (Å²) >= 11 is 0. The summed E-state index contributed by atoms with van der Waals surface area (Å²) in [6.45, 7) is 0. The molecule has 0 N–H and O–H groups in total. The minimum absolute atomic E-state index is 0.393. The van der Waals surface area contributed by atoms with Gasteiger partial charge in [-0.3, -0.25) is 0 Å². The molecule has 0 radical (unpaired) electrons. The molecular weight excluding hydrogens is 1130 g/mol. The summed E-state index contributed by atoms with van der Waals surface area (Å²) in [5, 5.41) is 0. The zero-order valence-corrected chi connectivity index (χ0v) is 55.9. The van der Waals surface area contributed by atoms with Gasteiger partial charge in [-0.25, -0.2) is 0 Å². The molecule has 0 heteroatoms. The quantitative estimate of drug-likeness (QED) is 0.0980. The van der Waals surface area contributed by atoms with E-state index >= 15 is 0 Å². The van der Waals surface area contributed by atoms with E-state index in [2.05, 4.69) is 231 Å². The molecule has 13 aliphatic rings. The van der Waals surface area contributed by atoms with E-state index in [1.54, 1.807) is 22.3 Å². The average Bonchev–Trinajstić information content (AvgIpc) is 1.59. The Bertz CT molecular complexity index is 4120. The van der Waals surface area contributed by atoms with Gasteiger partial charge in [-0.1, -0.05) is 289 Å². The van der Waals surface area contributed by atoms with Crippen molar-refractivity contribution in [3.63, 3.8) is 0 Å². The highest BCUT2D eigenvalue weighted by atomic mass is 14.4. The minimum atomic E-state index is 0.393. The number of aryl methyl sites for hydroxylation is 3. The maximum Gasteiger partial charge on any atom is 0.0281 e. The van der Waals surface area contributed by atoms with Gasteiger partial charge in [0.1, 0.15) is 0 Å². The number of allylic oxidation sites excluding steroid dienone is 29. The standard InChI is InChI=1S/C32H34.C31H34.C31H30/c1-2-6-23(5-1)11-12-24-13-15-25(16-14-24)21-28-19-20-31(32-10-4-9-30(28)32)29-18-17-26-7-3-8-27(26)22-29;1-2-6-27(5-1)30-20-19-28(29-9-4-10-31(29)30)21-22-11-13-24(14-12-22)26-17-15-25(16-18-26)23-7-3-8-23;1-2-6-23(7-3-1)25-14-12-22(13-15-25)20-27-18-19-30(31-11-5-10-29(27)31)28-17-16-24-8-4-9-26(24)21-28/h4,9-10,13-20,22-23,32H,1-3,5-8,11-12,21H2;1,4-6,9-14,19-20,23,25-26,31H,2-3,7-8,15-18,21H2;4-5,9-19,21,23,31H,1-3,6-8,20H2. The predicted molar refractivity (Wildman–Crippen MR) is 398 cm³/mol. The molecule has 5 aromatic carbocycles. The number of fused-ring (bicyclic) bond motifs is 5. The van der Waals surface area contributed by atoms with E-state index in [1.807, 2.05) is 0 Å². The van der Waals surface area contributed by atoms with E-state index in [9.17, 15) is 0 Å². The van der Waals surface area contributed by atoms with Crippen molar-refractivity contribution in [1.82, 2.24) is 0 Å². The fourth-order valence-corrected chi connectivity index (χ4v) is 18.7. The summed E-state index contributed by atoms with van der Waals surface area (Å²) in [5.41, 5.74) is 32.3. The van der Waals surface area contributed by atoms with Gasteiger partial charge in [-0.15, -0.1) is 0 Å². The molecule has 474 valence electrons. The van der Waals surface area contributed by atoms with Crippen LogP contribution in [0.4, 0.5) is 0 Å². The third kappa shape index (κ3) is 13.4. The van der Waals surface area contributed by atoms with Gasteiger partial charge < -0.3 is 0 Å². The highest BCUT2D eigenvalue weighted by Crippen LogP contribution is 2.48. The normalized spacial score (nSPS) is 24.5. The molecule has 0 heterocycles. The van der Waals surface area contributed by atoms with Crippen molar-refractivity contribution in [2.24, 2.45) is 35.5 Å². The molecule has 3 unspecified atom stereocenters. The third-order valence-corrected chi connectivity index (χ3v) is 24.5. The second-order valence-corrected chi connectivity index (χ2v) is 30.2. The predicted octanol–water partition coefficient (Wildman–Crippen LogP) is 24.1. The molecule has 0 bridgehead atoms. The van der Waals surface area contributed by atoms with Gasteiger partial charge in [0.15, 0.2) is 0 Å². The van der Waals surface area contributed by atoms with E-state index in [4.69, 9.17) is 0 Å². The second kappa shape index (κ2) is 28.3. The zero-order chi connectivity index (χ0) is 62.6. The van der Waals surface area contributed by atoms with Crippen LogP contribution >= 0.6 is 0 Å². The van der Waals surface area contributed by atoms with Gasteiger partial charge in [0.05, 0.1) is 0 Å². The van der Waals surface area contributed by atoms with Crippen molar-refractivity contribution in [3.8, 4) is 0 Å². The fourth-order valence-electron chi connectivity index (χ4n) is 18.7. The van der Waals surface area contributed by atoms with Gasteiger partial charge in [0.25, 0.3) is 0 Å².